The lowest BCUT2D eigenvalue weighted by atomic mass is 9.98. The van der Waals surface area contributed by atoms with E-state index in [0.29, 0.717) is 0 Å². The average Bonchev–Trinajstić information content (AvgIpc) is 2.27. The summed E-state index contributed by atoms with van der Waals surface area (Å²) < 4.78 is 0. The molecule has 0 radical (unpaired) electrons. The number of nitrogens with one attached hydrogen (secondary N) is 1. The summed E-state index contributed by atoms with van der Waals surface area (Å²) in [5.74, 6) is 2.16. The van der Waals surface area contributed by atoms with Crippen LogP contribution in [0.25, 0.3) is 0 Å². The van der Waals surface area contributed by atoms with E-state index < -0.39 is 0 Å². The van der Waals surface area contributed by atoms with Crippen LogP contribution < -0.4 is 5.32 Å². The molecule has 0 aromatic rings. The minimum absolute atomic E-state index is 0.736. The molecule has 0 aromatic carbocycles. The summed E-state index contributed by atoms with van der Waals surface area (Å²) >= 11 is 1.95. The molecule has 15 heavy (non-hydrogen) atoms. The van der Waals surface area contributed by atoms with Crippen LogP contribution in [0.5, 0.6) is 0 Å². The lowest BCUT2D eigenvalue weighted by molar-refractivity contribution is 0.195. The van der Waals surface area contributed by atoms with E-state index in [2.05, 4.69) is 30.4 Å². The Morgan fingerprint density at radius 3 is 2.93 bits per heavy atom. The molecule has 0 amide bonds. The third-order valence-electron chi connectivity index (χ3n) is 3.44. The Balaban J connectivity index is 2.17. The maximum absolute atomic E-state index is 3.49. The van der Waals surface area contributed by atoms with E-state index in [0.717, 1.165) is 12.0 Å². The maximum atomic E-state index is 3.49. The monoisotopic (exact) mass is 230 g/mol. The molecule has 2 nitrogen and oxygen atoms in total. The second-order valence-electron chi connectivity index (χ2n) is 4.78. The first-order valence-electron chi connectivity index (χ1n) is 6.14. The zero-order valence-corrected chi connectivity index (χ0v) is 11.3. The average molecular weight is 230 g/mol. The van der Waals surface area contributed by atoms with Gasteiger partial charge in [0.05, 0.1) is 0 Å². The Kier molecular flexibility index (Phi) is 6.69. The fourth-order valence-electron chi connectivity index (χ4n) is 2.18. The molecule has 0 saturated carbocycles. The Morgan fingerprint density at radius 1 is 1.53 bits per heavy atom. The lowest BCUT2D eigenvalue weighted by Crippen LogP contribution is -2.40. The van der Waals surface area contributed by atoms with Gasteiger partial charge >= 0.3 is 0 Å². The van der Waals surface area contributed by atoms with E-state index in [1.807, 2.05) is 11.8 Å². The highest BCUT2D eigenvalue weighted by atomic mass is 32.2. The molecule has 2 unspecified atom stereocenters. The second kappa shape index (κ2) is 7.53. The van der Waals surface area contributed by atoms with Gasteiger partial charge in [0.2, 0.25) is 0 Å². The summed E-state index contributed by atoms with van der Waals surface area (Å²) in [4.78, 5) is 2.54. The SMILES string of the molecule is CSCCC(C)N(C)CC1CCCNC1. The third kappa shape index (κ3) is 5.23. The van der Waals surface area contributed by atoms with Gasteiger partial charge in [0.1, 0.15) is 0 Å². The van der Waals surface area contributed by atoms with Crippen molar-refractivity contribution in [3.63, 3.8) is 0 Å². The Bertz CT molecular complexity index is 158. The summed E-state index contributed by atoms with van der Waals surface area (Å²) in [5, 5.41) is 3.49. The summed E-state index contributed by atoms with van der Waals surface area (Å²) in [7, 11) is 2.28. The zero-order chi connectivity index (χ0) is 11.1. The smallest absolute Gasteiger partial charge is 0.00718 e. The van der Waals surface area contributed by atoms with E-state index >= 15 is 0 Å². The van der Waals surface area contributed by atoms with Crippen LogP contribution >= 0.6 is 11.8 Å². The van der Waals surface area contributed by atoms with Crippen LogP contribution in [-0.2, 0) is 0 Å². The fourth-order valence-corrected chi connectivity index (χ4v) is 2.75. The van der Waals surface area contributed by atoms with Gasteiger partial charge in [0, 0.05) is 12.6 Å². The molecular weight excluding hydrogens is 204 g/mol. The van der Waals surface area contributed by atoms with Crippen molar-refractivity contribution in [2.24, 2.45) is 5.92 Å². The van der Waals surface area contributed by atoms with Gasteiger partial charge in [-0.2, -0.15) is 11.8 Å². The van der Waals surface area contributed by atoms with Crippen molar-refractivity contribution in [3.8, 4) is 0 Å². The molecule has 1 aliphatic rings. The van der Waals surface area contributed by atoms with Crippen LogP contribution in [0.15, 0.2) is 0 Å². The van der Waals surface area contributed by atoms with Crippen molar-refractivity contribution in [1.82, 2.24) is 10.2 Å². The third-order valence-corrected chi connectivity index (χ3v) is 4.08. The van der Waals surface area contributed by atoms with Crippen molar-refractivity contribution in [1.29, 1.82) is 0 Å². The van der Waals surface area contributed by atoms with E-state index in [1.165, 1.54) is 44.6 Å². The second-order valence-corrected chi connectivity index (χ2v) is 5.77. The molecule has 1 N–H and O–H groups in total. The molecule has 0 bridgehead atoms. The zero-order valence-electron chi connectivity index (χ0n) is 10.5. The van der Waals surface area contributed by atoms with Gasteiger partial charge < -0.3 is 10.2 Å². The number of hydrogen-bond acceptors (Lipinski definition) is 3. The van der Waals surface area contributed by atoms with Gasteiger partial charge in [-0.3, -0.25) is 0 Å². The Labute approximate surface area is 99.2 Å². The summed E-state index contributed by atoms with van der Waals surface area (Å²) in [5.41, 5.74) is 0. The summed E-state index contributed by atoms with van der Waals surface area (Å²) in [6.07, 6.45) is 6.28. The predicted molar refractivity (Wildman–Crippen MR) is 70.7 cm³/mol. The molecule has 1 heterocycles. The van der Waals surface area contributed by atoms with Crippen molar-refractivity contribution >= 4 is 11.8 Å². The Hall–Kier alpha value is 0.270. The highest BCUT2D eigenvalue weighted by Crippen LogP contribution is 2.14. The molecule has 1 fully saturated rings. The van der Waals surface area contributed by atoms with Crippen LogP contribution in [0, 0.1) is 5.92 Å². The molecule has 1 rings (SSSR count). The van der Waals surface area contributed by atoms with E-state index in [1.54, 1.807) is 0 Å². The number of piperidine rings is 1. The molecule has 90 valence electrons. The summed E-state index contributed by atoms with van der Waals surface area (Å²) in [6, 6.07) is 0.736. The number of hydrogen-bond donors (Lipinski definition) is 1. The van der Waals surface area contributed by atoms with Crippen LogP contribution in [0.2, 0.25) is 0 Å². The topological polar surface area (TPSA) is 15.3 Å². The van der Waals surface area contributed by atoms with Crippen LogP contribution in [0.3, 0.4) is 0 Å². The van der Waals surface area contributed by atoms with Gasteiger partial charge in [-0.05, 0) is 64.2 Å². The van der Waals surface area contributed by atoms with Gasteiger partial charge in [0.25, 0.3) is 0 Å². The predicted octanol–water partition coefficient (Wildman–Crippen LogP) is 2.06. The van der Waals surface area contributed by atoms with Crippen LogP contribution in [0.1, 0.15) is 26.2 Å². The molecule has 0 aromatic heterocycles. The molecular formula is C12H26N2S. The maximum Gasteiger partial charge on any atom is 0.00718 e. The van der Waals surface area contributed by atoms with Gasteiger partial charge in [-0.15, -0.1) is 0 Å². The largest absolute Gasteiger partial charge is 0.316 e. The number of nitrogens with zero attached hydrogens (tertiary/aromatic N) is 1. The van der Waals surface area contributed by atoms with Gasteiger partial charge in [-0.25, -0.2) is 0 Å². The number of thioether (sulfide) groups is 1. The minimum Gasteiger partial charge on any atom is -0.316 e. The van der Waals surface area contributed by atoms with Crippen molar-refractivity contribution < 1.29 is 0 Å². The van der Waals surface area contributed by atoms with Gasteiger partial charge in [0.15, 0.2) is 0 Å². The Morgan fingerprint density at radius 2 is 2.33 bits per heavy atom. The van der Waals surface area contributed by atoms with Crippen LogP contribution in [-0.4, -0.2) is 49.6 Å². The minimum atomic E-state index is 0.736. The first-order chi connectivity index (χ1) is 7.24. The first-order valence-corrected chi connectivity index (χ1v) is 7.53. The van der Waals surface area contributed by atoms with Crippen LogP contribution in [0.4, 0.5) is 0 Å². The molecule has 1 aliphatic heterocycles. The van der Waals surface area contributed by atoms with E-state index in [4.69, 9.17) is 0 Å². The molecule has 2 atom stereocenters. The fraction of sp³-hybridized carbons (Fsp3) is 1.00. The normalized spacial score (nSPS) is 24.4. The summed E-state index contributed by atoms with van der Waals surface area (Å²) in [6.45, 7) is 6.07. The van der Waals surface area contributed by atoms with E-state index in [9.17, 15) is 0 Å². The lowest BCUT2D eigenvalue weighted by Gasteiger charge is -2.31. The quantitative estimate of drug-likeness (QED) is 0.752. The highest BCUT2D eigenvalue weighted by molar-refractivity contribution is 7.98. The molecule has 3 heteroatoms. The molecule has 1 saturated heterocycles. The molecule has 0 spiro atoms. The van der Waals surface area contributed by atoms with E-state index in [-0.39, 0.29) is 0 Å². The standard InChI is InChI=1S/C12H26N2S/c1-11(6-8-15-3)14(2)10-12-5-4-7-13-9-12/h11-13H,4-10H2,1-3H3. The molecule has 0 aliphatic carbocycles. The van der Waals surface area contributed by atoms with Crippen molar-refractivity contribution in [3.05, 3.63) is 0 Å². The highest BCUT2D eigenvalue weighted by Gasteiger charge is 2.17. The van der Waals surface area contributed by atoms with Crippen molar-refractivity contribution in [2.45, 2.75) is 32.2 Å². The van der Waals surface area contributed by atoms with Gasteiger partial charge in [-0.1, -0.05) is 0 Å². The number of rotatable bonds is 6. The van der Waals surface area contributed by atoms with Crippen molar-refractivity contribution in [2.75, 3.05) is 38.7 Å². The first kappa shape index (κ1) is 13.3.